The molecule has 5 heteroatoms. The average Bonchev–Trinajstić information content (AvgIpc) is 3.33. The van der Waals surface area contributed by atoms with Crippen LogP contribution in [-0.4, -0.2) is 29.4 Å². The smallest absolute Gasteiger partial charge is 0.224 e. The molecule has 0 radical (unpaired) electrons. The lowest BCUT2D eigenvalue weighted by Crippen LogP contribution is -2.52. The number of amides is 1. The highest BCUT2D eigenvalue weighted by Gasteiger charge is 2.34. The van der Waals surface area contributed by atoms with E-state index in [2.05, 4.69) is 51.3 Å². The first kappa shape index (κ1) is 22.1. The molecule has 0 spiro atoms. The molecule has 2 heterocycles. The molecule has 1 aliphatic carbocycles. The minimum atomic E-state index is -0.0805. The van der Waals surface area contributed by atoms with Crippen LogP contribution in [0.3, 0.4) is 0 Å². The van der Waals surface area contributed by atoms with Crippen molar-refractivity contribution in [3.63, 3.8) is 0 Å². The first-order valence-corrected chi connectivity index (χ1v) is 13.1. The lowest BCUT2D eigenvalue weighted by atomic mass is 9.78. The van der Waals surface area contributed by atoms with Gasteiger partial charge in [-0.25, -0.2) is 0 Å². The lowest BCUT2D eigenvalue weighted by Gasteiger charge is -2.40. The summed E-state index contributed by atoms with van der Waals surface area (Å²) in [6.45, 7) is 2.96. The number of fused-ring (bicyclic) bond motifs is 2. The Kier molecular flexibility index (Phi) is 6.48. The molecule has 3 aromatic rings. The van der Waals surface area contributed by atoms with E-state index >= 15 is 0 Å². The van der Waals surface area contributed by atoms with Crippen molar-refractivity contribution in [2.45, 2.75) is 63.5 Å². The van der Waals surface area contributed by atoms with Crippen LogP contribution in [-0.2, 0) is 24.2 Å². The molecule has 1 aromatic heterocycles. The number of nitrogens with one attached hydrogen (secondary N) is 1. The maximum Gasteiger partial charge on any atom is 0.224 e. The van der Waals surface area contributed by atoms with Crippen molar-refractivity contribution >= 4 is 28.0 Å². The molecule has 1 aliphatic heterocycles. The van der Waals surface area contributed by atoms with Crippen molar-refractivity contribution in [2.24, 2.45) is 0 Å². The Morgan fingerprint density at radius 1 is 1.12 bits per heavy atom. The van der Waals surface area contributed by atoms with Crippen LogP contribution >= 0.6 is 11.3 Å². The van der Waals surface area contributed by atoms with Gasteiger partial charge in [0.15, 0.2) is 0 Å². The van der Waals surface area contributed by atoms with E-state index in [9.17, 15) is 4.79 Å². The van der Waals surface area contributed by atoms with Crippen molar-refractivity contribution in [1.82, 2.24) is 10.2 Å². The predicted molar refractivity (Wildman–Crippen MR) is 134 cm³/mol. The first-order chi connectivity index (χ1) is 16.1. The van der Waals surface area contributed by atoms with E-state index < -0.39 is 0 Å². The normalized spacial score (nSPS) is 17.9. The Balaban J connectivity index is 1.24. The maximum atomic E-state index is 13.2. The summed E-state index contributed by atoms with van der Waals surface area (Å²) in [6.07, 6.45) is 8.27. The summed E-state index contributed by atoms with van der Waals surface area (Å²) < 4.78 is 0. The molecule has 33 heavy (non-hydrogen) atoms. The van der Waals surface area contributed by atoms with E-state index in [1.54, 1.807) is 11.3 Å². The SMILES string of the molecule is N#Cc1ccc2c(c1)CCN(CCC1(NC(=O)Cc3cccc4cscc34)CCCCC1)C2. The molecule has 1 N–H and O–H groups in total. The van der Waals surface area contributed by atoms with Crippen LogP contribution in [0.25, 0.3) is 10.8 Å². The molecule has 0 saturated heterocycles. The quantitative estimate of drug-likeness (QED) is 0.525. The number of carbonyl (C=O) groups is 1. The molecule has 0 bridgehead atoms. The molecule has 2 aromatic carbocycles. The number of nitrogens with zero attached hydrogens (tertiary/aromatic N) is 2. The Morgan fingerprint density at radius 3 is 2.85 bits per heavy atom. The number of rotatable bonds is 6. The maximum absolute atomic E-state index is 13.2. The number of nitriles is 1. The van der Waals surface area contributed by atoms with Crippen LogP contribution < -0.4 is 5.32 Å². The molecule has 1 amide bonds. The van der Waals surface area contributed by atoms with Gasteiger partial charge in [-0.1, -0.05) is 43.5 Å². The molecule has 170 valence electrons. The topological polar surface area (TPSA) is 56.1 Å². The highest BCUT2D eigenvalue weighted by Crippen LogP contribution is 2.32. The number of carbonyl (C=O) groups excluding carboxylic acids is 1. The summed E-state index contributed by atoms with van der Waals surface area (Å²) >= 11 is 1.70. The van der Waals surface area contributed by atoms with Crippen molar-refractivity contribution in [1.29, 1.82) is 5.26 Å². The zero-order valence-corrected chi connectivity index (χ0v) is 19.9. The summed E-state index contributed by atoms with van der Waals surface area (Å²) in [6, 6.07) is 14.6. The van der Waals surface area contributed by atoms with Crippen molar-refractivity contribution in [3.05, 3.63) is 69.4 Å². The Bertz CT molecular complexity index is 1190. The zero-order valence-electron chi connectivity index (χ0n) is 19.1. The molecule has 4 nitrogen and oxygen atoms in total. The third-order valence-electron chi connectivity index (χ3n) is 7.51. The van der Waals surface area contributed by atoms with E-state index in [0.29, 0.717) is 6.42 Å². The third kappa shape index (κ3) is 4.98. The second kappa shape index (κ2) is 9.67. The molecular weight excluding hydrogens is 426 g/mol. The van der Waals surface area contributed by atoms with Gasteiger partial charge in [-0.15, -0.1) is 0 Å². The van der Waals surface area contributed by atoms with Crippen LogP contribution in [0, 0.1) is 11.3 Å². The predicted octanol–water partition coefficient (Wildman–Crippen LogP) is 5.58. The van der Waals surface area contributed by atoms with Crippen LogP contribution in [0.5, 0.6) is 0 Å². The standard InChI is InChI=1S/C28H31N3OS/c29-17-21-7-8-24-18-31(13-9-22(24)15-21)14-12-28(10-2-1-3-11-28)30-27(32)16-23-5-4-6-25-19-33-20-26(23)25/h4-8,15,19-20H,1-3,9-14,16,18H2,(H,30,32). The van der Waals surface area contributed by atoms with Crippen LogP contribution in [0.1, 0.15) is 60.8 Å². The number of benzene rings is 2. The summed E-state index contributed by atoms with van der Waals surface area (Å²) in [5, 5.41) is 19.4. The average molecular weight is 458 g/mol. The van der Waals surface area contributed by atoms with Gasteiger partial charge >= 0.3 is 0 Å². The van der Waals surface area contributed by atoms with Crippen LogP contribution in [0.15, 0.2) is 47.2 Å². The number of hydrogen-bond donors (Lipinski definition) is 1. The van der Waals surface area contributed by atoms with E-state index in [-0.39, 0.29) is 11.4 Å². The molecule has 0 atom stereocenters. The fraction of sp³-hybridized carbons (Fsp3) is 0.429. The molecular formula is C28H31N3OS. The van der Waals surface area contributed by atoms with Crippen molar-refractivity contribution in [2.75, 3.05) is 13.1 Å². The van der Waals surface area contributed by atoms with E-state index in [1.807, 2.05) is 12.1 Å². The van der Waals surface area contributed by atoms with Gasteiger partial charge in [-0.2, -0.15) is 16.6 Å². The largest absolute Gasteiger partial charge is 0.350 e. The second-order valence-corrected chi connectivity index (χ2v) is 10.5. The Morgan fingerprint density at radius 2 is 2.00 bits per heavy atom. The fourth-order valence-electron chi connectivity index (χ4n) is 5.63. The van der Waals surface area contributed by atoms with E-state index in [0.717, 1.165) is 56.4 Å². The van der Waals surface area contributed by atoms with Crippen LogP contribution in [0.4, 0.5) is 0 Å². The van der Waals surface area contributed by atoms with Crippen molar-refractivity contribution in [3.8, 4) is 6.07 Å². The zero-order chi connectivity index (χ0) is 22.7. The first-order valence-electron chi connectivity index (χ1n) is 12.1. The number of thiophene rings is 1. The minimum Gasteiger partial charge on any atom is -0.350 e. The summed E-state index contributed by atoms with van der Waals surface area (Å²) in [4.78, 5) is 15.7. The van der Waals surface area contributed by atoms with Gasteiger partial charge in [-0.3, -0.25) is 9.69 Å². The monoisotopic (exact) mass is 457 g/mol. The number of hydrogen-bond acceptors (Lipinski definition) is 4. The second-order valence-electron chi connectivity index (χ2n) is 9.73. The lowest BCUT2D eigenvalue weighted by molar-refractivity contribution is -0.123. The Labute approximate surface area is 200 Å². The molecule has 1 fully saturated rings. The van der Waals surface area contributed by atoms with Gasteiger partial charge in [-0.05, 0) is 76.0 Å². The van der Waals surface area contributed by atoms with E-state index in [1.165, 1.54) is 41.2 Å². The molecule has 5 rings (SSSR count). The summed E-state index contributed by atoms with van der Waals surface area (Å²) in [5.41, 5.74) is 4.45. The van der Waals surface area contributed by atoms with E-state index in [4.69, 9.17) is 5.26 Å². The summed E-state index contributed by atoms with van der Waals surface area (Å²) in [7, 11) is 0. The van der Waals surface area contributed by atoms with Gasteiger partial charge in [0.1, 0.15) is 0 Å². The van der Waals surface area contributed by atoms with Gasteiger partial charge in [0.2, 0.25) is 5.91 Å². The molecule has 2 aliphatic rings. The fourth-order valence-corrected chi connectivity index (χ4v) is 6.48. The Hall–Kier alpha value is -2.68. The van der Waals surface area contributed by atoms with Crippen molar-refractivity contribution < 1.29 is 4.79 Å². The molecule has 0 unspecified atom stereocenters. The van der Waals surface area contributed by atoms with Gasteiger partial charge in [0.05, 0.1) is 18.1 Å². The van der Waals surface area contributed by atoms with Gasteiger partial charge in [0.25, 0.3) is 0 Å². The van der Waals surface area contributed by atoms with Gasteiger partial charge < -0.3 is 5.32 Å². The molecule has 1 saturated carbocycles. The van der Waals surface area contributed by atoms with Gasteiger partial charge in [0, 0.05) is 25.2 Å². The van der Waals surface area contributed by atoms with Crippen LogP contribution in [0.2, 0.25) is 0 Å². The highest BCUT2D eigenvalue weighted by atomic mass is 32.1. The minimum absolute atomic E-state index is 0.0805. The summed E-state index contributed by atoms with van der Waals surface area (Å²) in [5.74, 6) is 0.156. The highest BCUT2D eigenvalue weighted by molar-refractivity contribution is 7.09. The third-order valence-corrected chi connectivity index (χ3v) is 8.27.